The van der Waals surface area contributed by atoms with E-state index in [9.17, 15) is 26.4 Å². The maximum atomic E-state index is 12.5. The SMILES string of the molecule is CCOC(=O)COc1ccc(S(=O)(=O)Nc2ccc(C(F)(F)F)cc2)cc1. The number of alkyl halides is 3. The highest BCUT2D eigenvalue weighted by atomic mass is 32.2. The molecular weight excluding hydrogens is 387 g/mol. The Kier molecular flexibility index (Phi) is 6.32. The van der Waals surface area contributed by atoms with E-state index in [1.54, 1.807) is 6.92 Å². The van der Waals surface area contributed by atoms with Crippen molar-refractivity contribution < 1.29 is 35.9 Å². The summed E-state index contributed by atoms with van der Waals surface area (Å²) in [6.07, 6.45) is -4.50. The molecule has 6 nitrogen and oxygen atoms in total. The minimum absolute atomic E-state index is 0.00867. The molecule has 0 aliphatic carbocycles. The number of halogens is 3. The summed E-state index contributed by atoms with van der Waals surface area (Å²) < 4.78 is 74.2. The third-order valence-electron chi connectivity index (χ3n) is 3.26. The molecule has 0 heterocycles. The number of nitrogens with one attached hydrogen (secondary N) is 1. The van der Waals surface area contributed by atoms with Crippen LogP contribution in [0.4, 0.5) is 18.9 Å². The molecule has 146 valence electrons. The fraction of sp³-hybridized carbons (Fsp3) is 0.235. The van der Waals surface area contributed by atoms with E-state index in [0.717, 1.165) is 24.3 Å². The predicted molar refractivity (Wildman–Crippen MR) is 90.8 cm³/mol. The van der Waals surface area contributed by atoms with Crippen molar-refractivity contribution in [2.75, 3.05) is 17.9 Å². The summed E-state index contributed by atoms with van der Waals surface area (Å²) in [5, 5.41) is 0. The Bertz CT molecular complexity index is 878. The van der Waals surface area contributed by atoms with E-state index in [1.165, 1.54) is 24.3 Å². The molecule has 2 rings (SSSR count). The molecule has 0 unspecified atom stereocenters. The number of rotatable bonds is 7. The van der Waals surface area contributed by atoms with Crippen molar-refractivity contribution in [3.8, 4) is 5.75 Å². The molecule has 0 atom stereocenters. The van der Waals surface area contributed by atoms with Gasteiger partial charge in [0.15, 0.2) is 6.61 Å². The van der Waals surface area contributed by atoms with Crippen LogP contribution in [0.3, 0.4) is 0 Å². The second kappa shape index (κ2) is 8.30. The predicted octanol–water partition coefficient (Wildman–Crippen LogP) is 3.45. The highest BCUT2D eigenvalue weighted by molar-refractivity contribution is 7.92. The minimum atomic E-state index is -4.50. The van der Waals surface area contributed by atoms with E-state index in [1.807, 2.05) is 0 Å². The molecule has 27 heavy (non-hydrogen) atoms. The molecule has 1 N–H and O–H groups in total. The molecule has 0 spiro atoms. The van der Waals surface area contributed by atoms with E-state index in [2.05, 4.69) is 4.72 Å². The third-order valence-corrected chi connectivity index (χ3v) is 4.66. The molecule has 0 fully saturated rings. The summed E-state index contributed by atoms with van der Waals surface area (Å²) in [5.41, 5.74) is -0.890. The van der Waals surface area contributed by atoms with Gasteiger partial charge in [0.25, 0.3) is 10.0 Å². The van der Waals surface area contributed by atoms with Gasteiger partial charge in [0, 0.05) is 5.69 Å². The number of hydrogen-bond acceptors (Lipinski definition) is 5. The van der Waals surface area contributed by atoms with Gasteiger partial charge < -0.3 is 9.47 Å². The Morgan fingerprint density at radius 3 is 2.15 bits per heavy atom. The lowest BCUT2D eigenvalue weighted by molar-refractivity contribution is -0.145. The Labute approximate surface area is 154 Å². The second-order valence-electron chi connectivity index (χ2n) is 5.25. The van der Waals surface area contributed by atoms with E-state index < -0.39 is 27.7 Å². The molecule has 0 aliphatic heterocycles. The van der Waals surface area contributed by atoms with Gasteiger partial charge in [-0.15, -0.1) is 0 Å². The van der Waals surface area contributed by atoms with Crippen molar-refractivity contribution in [3.05, 3.63) is 54.1 Å². The van der Waals surface area contributed by atoms with Gasteiger partial charge in [-0.2, -0.15) is 13.2 Å². The van der Waals surface area contributed by atoms with Crippen LogP contribution in [0.25, 0.3) is 0 Å². The Hall–Kier alpha value is -2.75. The standard InChI is InChI=1S/C17H16F3NO5S/c1-2-25-16(22)11-26-14-7-9-15(10-8-14)27(23,24)21-13-5-3-12(4-6-13)17(18,19)20/h3-10,21H,2,11H2,1H3. The van der Waals surface area contributed by atoms with Crippen molar-refractivity contribution in [2.45, 2.75) is 18.0 Å². The van der Waals surface area contributed by atoms with Gasteiger partial charge in [-0.3, -0.25) is 4.72 Å². The van der Waals surface area contributed by atoms with Crippen LogP contribution in [0, 0.1) is 0 Å². The Balaban J connectivity index is 2.05. The first-order chi connectivity index (χ1) is 12.6. The maximum absolute atomic E-state index is 12.5. The number of anilines is 1. The quantitative estimate of drug-likeness (QED) is 0.716. The third kappa shape index (κ3) is 5.88. The van der Waals surface area contributed by atoms with Crippen LogP contribution in [0.2, 0.25) is 0 Å². The molecule has 0 aliphatic rings. The number of esters is 1. The van der Waals surface area contributed by atoms with Crippen LogP contribution < -0.4 is 9.46 Å². The van der Waals surface area contributed by atoms with Crippen molar-refractivity contribution in [1.29, 1.82) is 0 Å². The fourth-order valence-corrected chi connectivity index (χ4v) is 3.06. The van der Waals surface area contributed by atoms with Crippen molar-refractivity contribution >= 4 is 21.7 Å². The number of carbonyl (C=O) groups is 1. The Morgan fingerprint density at radius 2 is 1.63 bits per heavy atom. The minimum Gasteiger partial charge on any atom is -0.482 e. The lowest BCUT2D eigenvalue weighted by Gasteiger charge is -2.11. The number of carbonyl (C=O) groups excluding carboxylic acids is 1. The molecule has 0 saturated carbocycles. The van der Waals surface area contributed by atoms with Gasteiger partial charge >= 0.3 is 12.1 Å². The second-order valence-corrected chi connectivity index (χ2v) is 6.93. The molecule has 0 aromatic heterocycles. The lowest BCUT2D eigenvalue weighted by Crippen LogP contribution is -2.15. The van der Waals surface area contributed by atoms with E-state index in [-0.39, 0.29) is 29.5 Å². The van der Waals surface area contributed by atoms with Gasteiger partial charge in [-0.1, -0.05) is 0 Å². The van der Waals surface area contributed by atoms with E-state index in [4.69, 9.17) is 9.47 Å². The highest BCUT2D eigenvalue weighted by Gasteiger charge is 2.30. The van der Waals surface area contributed by atoms with Crippen LogP contribution in [0.1, 0.15) is 12.5 Å². The summed E-state index contributed by atoms with van der Waals surface area (Å²) in [7, 11) is -4.00. The molecule has 0 bridgehead atoms. The fourth-order valence-electron chi connectivity index (χ4n) is 2.00. The number of ether oxygens (including phenoxy) is 2. The van der Waals surface area contributed by atoms with Crippen LogP contribution in [0.15, 0.2) is 53.4 Å². The van der Waals surface area contributed by atoms with Crippen molar-refractivity contribution in [3.63, 3.8) is 0 Å². The van der Waals surface area contributed by atoms with Crippen LogP contribution in [0.5, 0.6) is 5.75 Å². The molecule has 10 heteroatoms. The lowest BCUT2D eigenvalue weighted by atomic mass is 10.2. The highest BCUT2D eigenvalue weighted by Crippen LogP contribution is 2.30. The number of sulfonamides is 1. The van der Waals surface area contributed by atoms with Crippen LogP contribution in [-0.2, 0) is 25.7 Å². The zero-order chi connectivity index (χ0) is 20.1. The largest absolute Gasteiger partial charge is 0.482 e. The smallest absolute Gasteiger partial charge is 0.416 e. The summed E-state index contributed by atoms with van der Waals surface area (Å²) >= 11 is 0. The van der Waals surface area contributed by atoms with Gasteiger partial charge in [0.1, 0.15) is 5.75 Å². The molecular formula is C17H16F3NO5S. The van der Waals surface area contributed by atoms with Crippen molar-refractivity contribution in [2.24, 2.45) is 0 Å². The number of hydrogen-bond donors (Lipinski definition) is 1. The first-order valence-corrected chi connectivity index (χ1v) is 9.18. The molecule has 2 aromatic carbocycles. The average Bonchev–Trinajstić information content (AvgIpc) is 2.60. The summed E-state index contributed by atoms with van der Waals surface area (Å²) in [5.74, 6) is -0.297. The summed E-state index contributed by atoms with van der Waals surface area (Å²) in [6, 6.07) is 8.80. The van der Waals surface area contributed by atoms with Gasteiger partial charge in [0.05, 0.1) is 17.1 Å². The first kappa shape index (κ1) is 20.6. The zero-order valence-electron chi connectivity index (χ0n) is 14.1. The first-order valence-electron chi connectivity index (χ1n) is 7.70. The monoisotopic (exact) mass is 403 g/mol. The van der Waals surface area contributed by atoms with Gasteiger partial charge in [0.2, 0.25) is 0 Å². The topological polar surface area (TPSA) is 81.7 Å². The maximum Gasteiger partial charge on any atom is 0.416 e. The van der Waals surface area contributed by atoms with Crippen molar-refractivity contribution in [1.82, 2.24) is 0 Å². The van der Waals surface area contributed by atoms with E-state index >= 15 is 0 Å². The number of benzene rings is 2. The molecule has 2 aromatic rings. The molecule has 0 saturated heterocycles. The van der Waals surface area contributed by atoms with Gasteiger partial charge in [-0.25, -0.2) is 13.2 Å². The normalized spacial score (nSPS) is 11.7. The molecule has 0 amide bonds. The molecule has 0 radical (unpaired) electrons. The van der Waals surface area contributed by atoms with Crippen LogP contribution >= 0.6 is 0 Å². The zero-order valence-corrected chi connectivity index (χ0v) is 14.9. The summed E-state index contributed by atoms with van der Waals surface area (Å²) in [4.78, 5) is 11.1. The van der Waals surface area contributed by atoms with Gasteiger partial charge in [-0.05, 0) is 55.5 Å². The van der Waals surface area contributed by atoms with Crippen LogP contribution in [-0.4, -0.2) is 27.6 Å². The Morgan fingerprint density at radius 1 is 1.04 bits per heavy atom. The summed E-state index contributed by atoms with van der Waals surface area (Å²) in [6.45, 7) is 1.56. The van der Waals surface area contributed by atoms with E-state index in [0.29, 0.717) is 0 Å². The average molecular weight is 403 g/mol.